The monoisotopic (exact) mass is 371 g/mol. The summed E-state index contributed by atoms with van der Waals surface area (Å²) < 4.78 is 25.7. The van der Waals surface area contributed by atoms with E-state index in [4.69, 9.17) is 23.2 Å². The molecule has 6 nitrogen and oxygen atoms in total. The molecular formula is C14H11Cl2N3O3S. The van der Waals surface area contributed by atoms with Gasteiger partial charge in [0.15, 0.2) is 0 Å². The summed E-state index contributed by atoms with van der Waals surface area (Å²) in [6, 6.07) is 4.45. The number of hydrogen-bond acceptors (Lipinski definition) is 5. The van der Waals surface area contributed by atoms with Gasteiger partial charge < -0.3 is 5.11 Å². The first-order valence-corrected chi connectivity index (χ1v) is 8.95. The second kappa shape index (κ2) is 5.67. The molecule has 0 saturated heterocycles. The molecule has 1 aromatic carbocycles. The molecule has 0 bridgehead atoms. The Morgan fingerprint density at radius 1 is 1.30 bits per heavy atom. The van der Waals surface area contributed by atoms with Gasteiger partial charge in [-0.05, 0) is 30.7 Å². The van der Waals surface area contributed by atoms with Gasteiger partial charge in [-0.2, -0.15) is 0 Å². The molecule has 0 amide bonds. The van der Waals surface area contributed by atoms with Crippen LogP contribution in [0.3, 0.4) is 0 Å². The first kappa shape index (κ1) is 16.0. The minimum absolute atomic E-state index is 0.00225. The van der Waals surface area contributed by atoms with Crippen LogP contribution in [0.25, 0.3) is 22.2 Å². The maximum Gasteiger partial charge on any atom is 0.238 e. The highest BCUT2D eigenvalue weighted by atomic mass is 35.5. The lowest BCUT2D eigenvalue weighted by Gasteiger charge is -2.04. The molecule has 0 atom stereocenters. The number of hydrogen-bond donors (Lipinski definition) is 1. The van der Waals surface area contributed by atoms with Crippen LogP contribution in [0.1, 0.15) is 6.92 Å². The van der Waals surface area contributed by atoms with Crippen molar-refractivity contribution >= 4 is 44.1 Å². The Bertz CT molecular complexity index is 1020. The molecule has 120 valence electrons. The fourth-order valence-corrected chi connectivity index (χ4v) is 3.60. The van der Waals surface area contributed by atoms with E-state index in [9.17, 15) is 13.5 Å². The Labute approximate surface area is 142 Å². The highest BCUT2D eigenvalue weighted by Crippen LogP contribution is 2.36. The van der Waals surface area contributed by atoms with E-state index in [1.54, 1.807) is 6.07 Å². The standard InChI is InChI=1S/C14H11Cl2N3O3S/c1-2-23(21,22)19-7-10(9-4-3-8(20)5-12(9)19)13-11(15)6-17-14(16)18-13/h3-7,20H,2H2,1H3. The van der Waals surface area contributed by atoms with Gasteiger partial charge in [0.25, 0.3) is 0 Å². The molecule has 0 unspecified atom stereocenters. The van der Waals surface area contributed by atoms with E-state index in [0.717, 1.165) is 3.97 Å². The van der Waals surface area contributed by atoms with Crippen LogP contribution in [-0.2, 0) is 10.0 Å². The van der Waals surface area contributed by atoms with Crippen LogP contribution in [-0.4, -0.2) is 33.2 Å². The van der Waals surface area contributed by atoms with Gasteiger partial charge in [0.1, 0.15) is 5.75 Å². The summed E-state index contributed by atoms with van der Waals surface area (Å²) in [6.45, 7) is 1.54. The highest BCUT2D eigenvalue weighted by Gasteiger charge is 2.21. The van der Waals surface area contributed by atoms with E-state index < -0.39 is 10.0 Å². The van der Waals surface area contributed by atoms with Crippen molar-refractivity contribution in [1.29, 1.82) is 0 Å². The molecular weight excluding hydrogens is 361 g/mol. The van der Waals surface area contributed by atoms with Crippen LogP contribution in [0.2, 0.25) is 10.3 Å². The Morgan fingerprint density at radius 2 is 2.04 bits per heavy atom. The number of aromatic hydroxyl groups is 1. The zero-order chi connectivity index (χ0) is 16.8. The number of fused-ring (bicyclic) bond motifs is 1. The molecule has 3 rings (SSSR count). The van der Waals surface area contributed by atoms with Gasteiger partial charge in [-0.3, -0.25) is 0 Å². The Balaban J connectivity index is 2.41. The quantitative estimate of drug-likeness (QED) is 0.713. The van der Waals surface area contributed by atoms with Gasteiger partial charge in [-0.1, -0.05) is 11.6 Å². The Morgan fingerprint density at radius 3 is 2.74 bits per heavy atom. The number of nitrogens with zero attached hydrogens (tertiary/aromatic N) is 3. The maximum absolute atomic E-state index is 12.3. The third-order valence-corrected chi connectivity index (χ3v) is 5.48. The molecule has 0 spiro atoms. The second-order valence-electron chi connectivity index (χ2n) is 4.78. The lowest BCUT2D eigenvalue weighted by atomic mass is 10.1. The number of phenols is 1. The van der Waals surface area contributed by atoms with Gasteiger partial charge >= 0.3 is 0 Å². The summed E-state index contributed by atoms with van der Waals surface area (Å²) in [6.07, 6.45) is 2.78. The number of rotatable bonds is 3. The van der Waals surface area contributed by atoms with Crippen molar-refractivity contribution in [2.24, 2.45) is 0 Å². The first-order valence-electron chi connectivity index (χ1n) is 6.59. The number of benzene rings is 1. The smallest absolute Gasteiger partial charge is 0.238 e. The third kappa shape index (κ3) is 2.75. The summed E-state index contributed by atoms with van der Waals surface area (Å²) in [4.78, 5) is 7.88. The van der Waals surface area contributed by atoms with E-state index in [2.05, 4.69) is 9.97 Å². The third-order valence-electron chi connectivity index (χ3n) is 3.39. The second-order valence-corrected chi connectivity index (χ2v) is 7.66. The molecule has 9 heteroatoms. The molecule has 0 fully saturated rings. The van der Waals surface area contributed by atoms with Crippen molar-refractivity contribution in [3.05, 3.63) is 40.9 Å². The summed E-state index contributed by atoms with van der Waals surface area (Å²) >= 11 is 11.9. The lowest BCUT2D eigenvalue weighted by Crippen LogP contribution is -2.13. The normalized spacial score (nSPS) is 12.0. The van der Waals surface area contributed by atoms with Crippen LogP contribution in [0.5, 0.6) is 5.75 Å². The van der Waals surface area contributed by atoms with Crippen LogP contribution in [0.15, 0.2) is 30.6 Å². The fraction of sp³-hybridized carbons (Fsp3) is 0.143. The van der Waals surface area contributed by atoms with Gasteiger partial charge in [0, 0.05) is 23.2 Å². The molecule has 0 radical (unpaired) electrons. The fourth-order valence-electron chi connectivity index (χ4n) is 2.28. The SMILES string of the molecule is CCS(=O)(=O)n1cc(-c2nc(Cl)ncc2Cl)c2ccc(O)cc21. The van der Waals surface area contributed by atoms with Crippen molar-refractivity contribution in [3.63, 3.8) is 0 Å². The predicted molar refractivity (Wildman–Crippen MR) is 89.5 cm³/mol. The largest absolute Gasteiger partial charge is 0.508 e. The van der Waals surface area contributed by atoms with E-state index in [1.807, 2.05) is 0 Å². The Kier molecular flexibility index (Phi) is 3.95. The van der Waals surface area contributed by atoms with Crippen molar-refractivity contribution < 1.29 is 13.5 Å². The average molecular weight is 372 g/mol. The number of phenolic OH excluding ortho intramolecular Hbond substituents is 1. The zero-order valence-corrected chi connectivity index (χ0v) is 14.2. The van der Waals surface area contributed by atoms with Gasteiger partial charge in [0.2, 0.25) is 15.3 Å². The first-order chi connectivity index (χ1) is 10.8. The van der Waals surface area contributed by atoms with Crippen LogP contribution in [0, 0.1) is 0 Å². The van der Waals surface area contributed by atoms with Gasteiger partial charge in [0.05, 0.1) is 28.2 Å². The summed E-state index contributed by atoms with van der Waals surface area (Å²) in [7, 11) is -3.57. The van der Waals surface area contributed by atoms with E-state index in [0.29, 0.717) is 22.2 Å². The molecule has 2 heterocycles. The Hall–Kier alpha value is -1.83. The summed E-state index contributed by atoms with van der Waals surface area (Å²) in [5.41, 5.74) is 1.16. The van der Waals surface area contributed by atoms with Crippen molar-refractivity contribution in [3.8, 4) is 17.0 Å². The number of halogens is 2. The van der Waals surface area contributed by atoms with E-state index >= 15 is 0 Å². The minimum Gasteiger partial charge on any atom is -0.508 e. The van der Waals surface area contributed by atoms with Crippen LogP contribution >= 0.6 is 23.2 Å². The molecule has 3 aromatic rings. The van der Waals surface area contributed by atoms with Gasteiger partial charge in [-0.25, -0.2) is 22.4 Å². The van der Waals surface area contributed by atoms with Gasteiger partial charge in [-0.15, -0.1) is 0 Å². The molecule has 0 aliphatic heterocycles. The predicted octanol–water partition coefficient (Wildman–Crippen LogP) is 3.31. The molecule has 0 saturated carbocycles. The molecule has 0 aliphatic carbocycles. The topological polar surface area (TPSA) is 85.1 Å². The molecule has 1 N–H and O–H groups in total. The van der Waals surface area contributed by atoms with E-state index in [1.165, 1.54) is 31.5 Å². The lowest BCUT2D eigenvalue weighted by molar-refractivity contribution is 0.476. The highest BCUT2D eigenvalue weighted by molar-refractivity contribution is 7.90. The zero-order valence-electron chi connectivity index (χ0n) is 11.9. The summed E-state index contributed by atoms with van der Waals surface area (Å²) in [5.74, 6) is -0.133. The summed E-state index contributed by atoms with van der Waals surface area (Å²) in [5, 5.41) is 10.5. The maximum atomic E-state index is 12.3. The molecule has 0 aliphatic rings. The van der Waals surface area contributed by atoms with Crippen molar-refractivity contribution in [2.75, 3.05) is 5.75 Å². The molecule has 23 heavy (non-hydrogen) atoms. The average Bonchev–Trinajstić information content (AvgIpc) is 2.89. The van der Waals surface area contributed by atoms with Crippen LogP contribution in [0.4, 0.5) is 0 Å². The van der Waals surface area contributed by atoms with Crippen LogP contribution < -0.4 is 0 Å². The molecule has 2 aromatic heterocycles. The minimum atomic E-state index is -3.57. The van der Waals surface area contributed by atoms with Crippen molar-refractivity contribution in [1.82, 2.24) is 13.9 Å². The van der Waals surface area contributed by atoms with E-state index in [-0.39, 0.29) is 21.8 Å². The van der Waals surface area contributed by atoms with Crippen molar-refractivity contribution in [2.45, 2.75) is 6.92 Å². The number of aromatic nitrogens is 3.